The lowest BCUT2D eigenvalue weighted by atomic mass is 10.2. The van der Waals surface area contributed by atoms with Gasteiger partial charge in [0.15, 0.2) is 11.5 Å². The third-order valence-corrected chi connectivity index (χ3v) is 6.23. The summed E-state index contributed by atoms with van der Waals surface area (Å²) in [5.41, 5.74) is 1.64. The Hall–Kier alpha value is -3.74. The molecule has 0 aromatic heterocycles. The molecule has 0 saturated carbocycles. The van der Waals surface area contributed by atoms with E-state index in [4.69, 9.17) is 19.5 Å². The Labute approximate surface area is 192 Å². The molecule has 170 valence electrons. The number of benzene rings is 3. The molecular formula is C24H23N3O5S. The summed E-state index contributed by atoms with van der Waals surface area (Å²) in [5.74, 6) is 1.96. The number of fused-ring (bicyclic) bond motifs is 1. The van der Waals surface area contributed by atoms with Crippen LogP contribution in [0.15, 0.2) is 71.6 Å². The van der Waals surface area contributed by atoms with Crippen LogP contribution in [0.2, 0.25) is 0 Å². The molecule has 0 aliphatic carbocycles. The third-order valence-electron chi connectivity index (χ3n) is 4.85. The fourth-order valence-electron chi connectivity index (χ4n) is 3.32. The monoisotopic (exact) mass is 465 g/mol. The molecule has 8 nitrogen and oxygen atoms in total. The number of ether oxygens (including phenoxy) is 3. The van der Waals surface area contributed by atoms with E-state index < -0.39 is 10.0 Å². The summed E-state index contributed by atoms with van der Waals surface area (Å²) in [6.07, 6.45) is 0. The highest BCUT2D eigenvalue weighted by atomic mass is 32.2. The van der Waals surface area contributed by atoms with Crippen LogP contribution in [-0.2, 0) is 16.6 Å². The molecule has 0 amide bonds. The second-order valence-electron chi connectivity index (χ2n) is 7.25. The summed E-state index contributed by atoms with van der Waals surface area (Å²) in [6, 6.07) is 20.5. The molecular weight excluding hydrogens is 442 g/mol. The van der Waals surface area contributed by atoms with E-state index in [0.29, 0.717) is 55.8 Å². The molecule has 1 aliphatic heterocycles. The van der Waals surface area contributed by atoms with E-state index in [0.717, 1.165) is 5.56 Å². The normalized spacial score (nSPS) is 12.6. The Balaban J connectivity index is 1.29. The molecule has 2 N–H and O–H groups in total. The van der Waals surface area contributed by atoms with Crippen LogP contribution in [0, 0.1) is 11.3 Å². The minimum Gasteiger partial charge on any atom is -0.488 e. The zero-order valence-corrected chi connectivity index (χ0v) is 18.6. The summed E-state index contributed by atoms with van der Waals surface area (Å²) in [6.45, 7) is 2.58. The van der Waals surface area contributed by atoms with Crippen LogP contribution in [0.1, 0.15) is 11.1 Å². The van der Waals surface area contributed by atoms with Gasteiger partial charge in [0.25, 0.3) is 10.0 Å². The Morgan fingerprint density at radius 3 is 2.70 bits per heavy atom. The lowest BCUT2D eigenvalue weighted by molar-refractivity contribution is 0.162. The van der Waals surface area contributed by atoms with E-state index in [1.165, 1.54) is 12.1 Å². The van der Waals surface area contributed by atoms with E-state index in [-0.39, 0.29) is 10.5 Å². The van der Waals surface area contributed by atoms with Crippen LogP contribution < -0.4 is 24.2 Å². The smallest absolute Gasteiger partial charge is 0.261 e. The van der Waals surface area contributed by atoms with Crippen molar-refractivity contribution < 1.29 is 22.6 Å². The van der Waals surface area contributed by atoms with E-state index >= 15 is 0 Å². The van der Waals surface area contributed by atoms with Crippen molar-refractivity contribution in [2.45, 2.75) is 11.4 Å². The number of anilines is 1. The molecule has 33 heavy (non-hydrogen) atoms. The van der Waals surface area contributed by atoms with Gasteiger partial charge in [0.05, 0.1) is 16.5 Å². The highest BCUT2D eigenvalue weighted by molar-refractivity contribution is 7.92. The number of nitriles is 1. The number of rotatable bonds is 9. The Morgan fingerprint density at radius 2 is 1.82 bits per heavy atom. The van der Waals surface area contributed by atoms with Crippen molar-refractivity contribution in [3.63, 3.8) is 0 Å². The van der Waals surface area contributed by atoms with Gasteiger partial charge in [0, 0.05) is 18.8 Å². The summed E-state index contributed by atoms with van der Waals surface area (Å²) >= 11 is 0. The number of hydrogen-bond acceptors (Lipinski definition) is 7. The van der Waals surface area contributed by atoms with Gasteiger partial charge < -0.3 is 19.5 Å². The molecule has 1 aliphatic rings. The van der Waals surface area contributed by atoms with Crippen molar-refractivity contribution >= 4 is 15.7 Å². The highest BCUT2D eigenvalue weighted by Crippen LogP contribution is 2.38. The molecule has 1 heterocycles. The number of sulfonamides is 1. The van der Waals surface area contributed by atoms with Gasteiger partial charge in [-0.1, -0.05) is 24.3 Å². The van der Waals surface area contributed by atoms with Crippen molar-refractivity contribution in [1.29, 1.82) is 5.26 Å². The zero-order chi connectivity index (χ0) is 23.1. The Kier molecular flexibility index (Phi) is 6.98. The topological polar surface area (TPSA) is 110 Å². The molecule has 0 spiro atoms. The van der Waals surface area contributed by atoms with Crippen LogP contribution in [0.25, 0.3) is 0 Å². The van der Waals surface area contributed by atoms with Gasteiger partial charge in [-0.2, -0.15) is 5.26 Å². The maximum Gasteiger partial charge on any atom is 0.261 e. The predicted molar refractivity (Wildman–Crippen MR) is 123 cm³/mol. The molecule has 0 radical (unpaired) electrons. The summed E-state index contributed by atoms with van der Waals surface area (Å²) in [5, 5.41) is 12.3. The Bertz CT molecular complexity index is 1270. The number of nitrogens with one attached hydrogen (secondary N) is 2. The van der Waals surface area contributed by atoms with E-state index in [1.807, 2.05) is 30.3 Å². The predicted octanol–water partition coefficient (Wildman–Crippen LogP) is 3.30. The maximum absolute atomic E-state index is 12.6. The van der Waals surface area contributed by atoms with Gasteiger partial charge in [0.1, 0.15) is 19.8 Å². The van der Waals surface area contributed by atoms with Gasteiger partial charge in [-0.25, -0.2) is 8.42 Å². The average Bonchev–Trinajstić information content (AvgIpc) is 2.84. The van der Waals surface area contributed by atoms with Crippen LogP contribution in [0.4, 0.5) is 5.69 Å². The van der Waals surface area contributed by atoms with Crippen molar-refractivity contribution in [3.05, 3.63) is 77.9 Å². The maximum atomic E-state index is 12.6. The fourth-order valence-corrected chi connectivity index (χ4v) is 4.41. The summed E-state index contributed by atoms with van der Waals surface area (Å²) < 4.78 is 44.9. The van der Waals surface area contributed by atoms with E-state index in [1.54, 1.807) is 30.3 Å². The minimum atomic E-state index is -3.79. The molecule has 0 unspecified atom stereocenters. The van der Waals surface area contributed by atoms with Crippen LogP contribution >= 0.6 is 0 Å². The first-order valence-electron chi connectivity index (χ1n) is 10.4. The quantitative estimate of drug-likeness (QED) is 0.467. The number of hydrogen-bond donors (Lipinski definition) is 2. The van der Waals surface area contributed by atoms with Gasteiger partial charge >= 0.3 is 0 Å². The second kappa shape index (κ2) is 10.3. The van der Waals surface area contributed by atoms with Crippen molar-refractivity contribution in [3.8, 4) is 23.3 Å². The summed E-state index contributed by atoms with van der Waals surface area (Å²) in [4.78, 5) is 0.0414. The first-order valence-corrected chi connectivity index (χ1v) is 11.9. The summed E-state index contributed by atoms with van der Waals surface area (Å²) in [7, 11) is -3.79. The lowest BCUT2D eigenvalue weighted by Crippen LogP contribution is -2.21. The first kappa shape index (κ1) is 22.5. The van der Waals surface area contributed by atoms with Crippen molar-refractivity contribution in [1.82, 2.24) is 5.32 Å². The van der Waals surface area contributed by atoms with Crippen LogP contribution in [0.5, 0.6) is 17.2 Å². The molecule has 0 saturated heterocycles. The SMILES string of the molecule is N#Cc1cccc(S(=O)(=O)Nc2cccc(CNCCOc3cccc4c3OCCO4)c2)c1. The van der Waals surface area contributed by atoms with E-state index in [2.05, 4.69) is 10.0 Å². The average molecular weight is 466 g/mol. The van der Waals surface area contributed by atoms with Crippen LogP contribution in [0.3, 0.4) is 0 Å². The fraction of sp³-hybridized carbons (Fsp3) is 0.208. The third kappa shape index (κ3) is 5.74. The zero-order valence-electron chi connectivity index (χ0n) is 17.8. The number of nitrogens with zero attached hydrogens (tertiary/aromatic N) is 1. The first-order chi connectivity index (χ1) is 16.0. The molecule has 9 heteroatoms. The number of para-hydroxylation sites is 1. The molecule has 4 rings (SSSR count). The van der Waals surface area contributed by atoms with Gasteiger partial charge in [-0.05, 0) is 48.0 Å². The highest BCUT2D eigenvalue weighted by Gasteiger charge is 2.17. The minimum absolute atomic E-state index is 0.0414. The largest absolute Gasteiger partial charge is 0.488 e. The van der Waals surface area contributed by atoms with Gasteiger partial charge in [-0.3, -0.25) is 4.72 Å². The molecule has 0 atom stereocenters. The van der Waals surface area contributed by atoms with Crippen molar-refractivity contribution in [2.75, 3.05) is 31.1 Å². The molecule has 3 aromatic carbocycles. The van der Waals surface area contributed by atoms with Gasteiger partial charge in [0.2, 0.25) is 5.75 Å². The second-order valence-corrected chi connectivity index (χ2v) is 8.93. The molecule has 0 bridgehead atoms. The Morgan fingerprint density at radius 1 is 1.00 bits per heavy atom. The lowest BCUT2D eigenvalue weighted by Gasteiger charge is -2.20. The van der Waals surface area contributed by atoms with E-state index in [9.17, 15) is 8.42 Å². The standard InChI is InChI=1S/C24H23N3O5S/c25-16-18-4-2-7-21(15-18)33(28,29)27-20-6-1-5-19(14-20)17-26-10-11-30-22-8-3-9-23-24(22)32-13-12-31-23/h1-9,14-15,26-27H,10-13,17H2. The molecule has 3 aromatic rings. The van der Waals surface area contributed by atoms with Crippen LogP contribution in [-0.4, -0.2) is 34.8 Å². The van der Waals surface area contributed by atoms with Crippen molar-refractivity contribution in [2.24, 2.45) is 0 Å². The molecule has 0 fully saturated rings. The van der Waals surface area contributed by atoms with Gasteiger partial charge in [-0.15, -0.1) is 0 Å².